The van der Waals surface area contributed by atoms with Crippen molar-refractivity contribution in [2.45, 2.75) is 31.3 Å². The van der Waals surface area contributed by atoms with Crippen LogP contribution in [0.2, 0.25) is 0 Å². The average molecular weight is 366 g/mol. The van der Waals surface area contributed by atoms with E-state index in [0.717, 1.165) is 0 Å². The van der Waals surface area contributed by atoms with Gasteiger partial charge in [-0.05, 0) is 0 Å². The van der Waals surface area contributed by atoms with E-state index in [0.29, 0.717) is 3.63 Å². The maximum atomic E-state index is 2.36. The second-order valence-electron chi connectivity index (χ2n) is 5.97. The van der Waals surface area contributed by atoms with E-state index in [1.807, 2.05) is 0 Å². The molecule has 3 rings (SSSR count). The maximum absolute atomic E-state index is 2.36. The number of allylic oxidation sites excluding steroid dienone is 4. The van der Waals surface area contributed by atoms with E-state index in [4.69, 9.17) is 0 Å². The van der Waals surface area contributed by atoms with Crippen LogP contribution < -0.4 is 0 Å². The van der Waals surface area contributed by atoms with Crippen LogP contribution in [0.25, 0.3) is 11.1 Å². The standard InChI is InChI=1S/C13H9.C8H13.Zr/c1-3-7-12-10(5-1)9-11-6-2-4-8-13(11)12;1-5-7(3)8(4)6-2;/h1-9H;5H,1-4H3;. The monoisotopic (exact) mass is 364 g/mol. The molecule has 0 saturated carbocycles. The molecule has 0 fully saturated rings. The molecule has 110 valence electrons. The van der Waals surface area contributed by atoms with E-state index in [-0.39, 0.29) is 0 Å². The van der Waals surface area contributed by atoms with Crippen molar-refractivity contribution in [3.63, 3.8) is 0 Å². The van der Waals surface area contributed by atoms with Crippen LogP contribution in [0.3, 0.4) is 0 Å². The Hall–Kier alpha value is -1.20. The van der Waals surface area contributed by atoms with E-state index in [1.165, 1.54) is 22.3 Å². The zero-order valence-electron chi connectivity index (χ0n) is 13.8. The van der Waals surface area contributed by atoms with Gasteiger partial charge in [-0.3, -0.25) is 0 Å². The third-order valence-electron chi connectivity index (χ3n) is 4.78. The van der Waals surface area contributed by atoms with Gasteiger partial charge in [-0.25, -0.2) is 0 Å². The summed E-state index contributed by atoms with van der Waals surface area (Å²) in [5.41, 5.74) is 8.96. The summed E-state index contributed by atoms with van der Waals surface area (Å²) in [6.45, 7) is 9.02. The van der Waals surface area contributed by atoms with Crippen LogP contribution in [0.4, 0.5) is 0 Å². The van der Waals surface area contributed by atoms with Gasteiger partial charge in [-0.15, -0.1) is 0 Å². The third kappa shape index (κ3) is 2.72. The summed E-state index contributed by atoms with van der Waals surface area (Å²) in [5, 5.41) is 0. The molecule has 0 aromatic heterocycles. The Morgan fingerprint density at radius 3 is 1.86 bits per heavy atom. The van der Waals surface area contributed by atoms with E-state index in [1.54, 1.807) is 14.4 Å². The summed E-state index contributed by atoms with van der Waals surface area (Å²) in [5.74, 6) is 0. The number of hydrogen-bond acceptors (Lipinski definition) is 0. The molecule has 0 N–H and O–H groups in total. The summed E-state index contributed by atoms with van der Waals surface area (Å²) in [6, 6.07) is 18.0. The Balaban J connectivity index is 2.05. The Bertz CT molecular complexity index is 719. The van der Waals surface area contributed by atoms with Gasteiger partial charge in [-0.1, -0.05) is 0 Å². The van der Waals surface area contributed by atoms with Crippen molar-refractivity contribution in [1.82, 2.24) is 0 Å². The molecule has 1 aliphatic rings. The molecule has 0 bridgehead atoms. The molecule has 0 amide bonds. The molecule has 0 unspecified atom stereocenters. The first-order valence-corrected chi connectivity index (χ1v) is 10.5. The summed E-state index contributed by atoms with van der Waals surface area (Å²) in [6.07, 6.45) is 2.23. The molecule has 0 nitrogen and oxygen atoms in total. The van der Waals surface area contributed by atoms with Gasteiger partial charge in [0.25, 0.3) is 0 Å². The van der Waals surface area contributed by atoms with Gasteiger partial charge >= 0.3 is 146 Å². The number of benzene rings is 2. The van der Waals surface area contributed by atoms with Crippen molar-refractivity contribution in [3.8, 4) is 11.1 Å². The van der Waals surface area contributed by atoms with Gasteiger partial charge < -0.3 is 0 Å². The van der Waals surface area contributed by atoms with Gasteiger partial charge in [0.2, 0.25) is 0 Å². The van der Waals surface area contributed by atoms with E-state index < -0.39 is 23.2 Å². The SMILES string of the molecule is CC=C(C)C(C)=[C](C)[Zr][CH]1c2ccccc2-c2ccccc21. The van der Waals surface area contributed by atoms with Crippen LogP contribution in [0.5, 0.6) is 0 Å². The molecule has 1 heteroatoms. The molecule has 0 heterocycles. The van der Waals surface area contributed by atoms with Crippen LogP contribution in [-0.4, -0.2) is 0 Å². The minimum atomic E-state index is -0.695. The van der Waals surface area contributed by atoms with E-state index in [2.05, 4.69) is 82.3 Å². The minimum absolute atomic E-state index is 0.663. The van der Waals surface area contributed by atoms with E-state index >= 15 is 0 Å². The zero-order chi connectivity index (χ0) is 15.7. The fraction of sp³-hybridized carbons (Fsp3) is 0.238. The fourth-order valence-electron chi connectivity index (χ4n) is 3.15. The van der Waals surface area contributed by atoms with Crippen LogP contribution in [0, 0.1) is 0 Å². The number of fused-ring (bicyclic) bond motifs is 3. The predicted molar refractivity (Wildman–Crippen MR) is 91.5 cm³/mol. The molecule has 0 radical (unpaired) electrons. The van der Waals surface area contributed by atoms with Crippen molar-refractivity contribution >= 4 is 0 Å². The van der Waals surface area contributed by atoms with Crippen molar-refractivity contribution < 1.29 is 23.2 Å². The quantitative estimate of drug-likeness (QED) is 0.577. The molecule has 0 spiro atoms. The normalized spacial score (nSPS) is 15.2. The first-order valence-electron chi connectivity index (χ1n) is 7.89. The van der Waals surface area contributed by atoms with Crippen LogP contribution >= 0.6 is 0 Å². The molecule has 0 aliphatic heterocycles. The molecule has 2 aromatic rings. The second-order valence-corrected chi connectivity index (χ2v) is 9.95. The van der Waals surface area contributed by atoms with Crippen LogP contribution in [0.1, 0.15) is 42.4 Å². The van der Waals surface area contributed by atoms with E-state index in [9.17, 15) is 0 Å². The molecule has 0 atom stereocenters. The number of hydrogen-bond donors (Lipinski definition) is 0. The van der Waals surface area contributed by atoms with Crippen molar-refractivity contribution in [2.75, 3.05) is 0 Å². The topological polar surface area (TPSA) is 0 Å². The predicted octanol–water partition coefficient (Wildman–Crippen LogP) is 6.10. The number of rotatable bonds is 3. The molecule has 1 aliphatic carbocycles. The second kappa shape index (κ2) is 6.51. The molecular weight excluding hydrogens is 343 g/mol. The van der Waals surface area contributed by atoms with Crippen LogP contribution in [0.15, 0.2) is 69.0 Å². The Kier molecular flexibility index (Phi) is 4.64. The Morgan fingerprint density at radius 1 is 0.864 bits per heavy atom. The summed E-state index contributed by atoms with van der Waals surface area (Å²) in [4.78, 5) is 0. The first kappa shape index (κ1) is 15.7. The van der Waals surface area contributed by atoms with Gasteiger partial charge in [0.15, 0.2) is 0 Å². The Labute approximate surface area is 145 Å². The zero-order valence-corrected chi connectivity index (χ0v) is 16.2. The van der Waals surface area contributed by atoms with Crippen molar-refractivity contribution in [1.29, 1.82) is 0 Å². The summed E-state index contributed by atoms with van der Waals surface area (Å²) >= 11 is -0.695. The van der Waals surface area contributed by atoms with Crippen molar-refractivity contribution in [2.24, 2.45) is 0 Å². The van der Waals surface area contributed by atoms with Gasteiger partial charge in [0.1, 0.15) is 0 Å². The molecular formula is C21H22Zr. The third-order valence-corrected chi connectivity index (χ3v) is 9.01. The van der Waals surface area contributed by atoms with Gasteiger partial charge in [0.05, 0.1) is 0 Å². The summed E-state index contributed by atoms with van der Waals surface area (Å²) in [7, 11) is 0. The molecule has 22 heavy (non-hydrogen) atoms. The summed E-state index contributed by atoms with van der Waals surface area (Å²) < 4.78 is 2.33. The van der Waals surface area contributed by atoms with Gasteiger partial charge in [-0.2, -0.15) is 0 Å². The first-order chi connectivity index (χ1) is 10.6. The fourth-order valence-corrected chi connectivity index (χ4v) is 7.23. The molecule has 0 saturated heterocycles. The van der Waals surface area contributed by atoms with Crippen molar-refractivity contribution in [3.05, 3.63) is 80.2 Å². The van der Waals surface area contributed by atoms with Crippen LogP contribution in [-0.2, 0) is 23.2 Å². The average Bonchev–Trinajstić information content (AvgIpc) is 2.88. The molecule has 2 aromatic carbocycles. The Morgan fingerprint density at radius 2 is 1.36 bits per heavy atom. The van der Waals surface area contributed by atoms with Gasteiger partial charge in [0, 0.05) is 0 Å².